The molecule has 0 aromatic carbocycles. The van der Waals surface area contributed by atoms with Gasteiger partial charge in [-0.3, -0.25) is 4.90 Å². The van der Waals surface area contributed by atoms with Gasteiger partial charge >= 0.3 is 0 Å². The van der Waals surface area contributed by atoms with Crippen LogP contribution >= 0.6 is 0 Å². The Morgan fingerprint density at radius 1 is 1.56 bits per heavy atom. The quantitative estimate of drug-likeness (QED) is 0.810. The van der Waals surface area contributed by atoms with Crippen LogP contribution in [0.5, 0.6) is 0 Å². The van der Waals surface area contributed by atoms with Gasteiger partial charge in [-0.05, 0) is 25.3 Å². The average molecular weight is 252 g/mol. The molecular formula is C13H24N4O. The molecule has 0 aliphatic carbocycles. The second kappa shape index (κ2) is 6.87. The van der Waals surface area contributed by atoms with Gasteiger partial charge in [0, 0.05) is 39.5 Å². The van der Waals surface area contributed by atoms with E-state index in [2.05, 4.69) is 20.6 Å². The summed E-state index contributed by atoms with van der Waals surface area (Å²) in [5.74, 6) is 0.676. The highest BCUT2D eigenvalue weighted by atomic mass is 16.5. The molecule has 0 amide bonds. The SMILES string of the molecule is COCC1CCCN(Cc2cn(CCN)cn2)C1. The first kappa shape index (κ1) is 13.5. The van der Waals surface area contributed by atoms with Gasteiger partial charge in [-0.15, -0.1) is 0 Å². The Kier molecular flexibility index (Phi) is 5.16. The molecule has 1 atom stereocenters. The molecule has 2 heterocycles. The summed E-state index contributed by atoms with van der Waals surface area (Å²) >= 11 is 0. The van der Waals surface area contributed by atoms with Crippen molar-refractivity contribution in [1.29, 1.82) is 0 Å². The van der Waals surface area contributed by atoms with Crippen LogP contribution in [0.1, 0.15) is 18.5 Å². The third-order valence-electron chi connectivity index (χ3n) is 3.47. The topological polar surface area (TPSA) is 56.3 Å². The smallest absolute Gasteiger partial charge is 0.0950 e. The Morgan fingerprint density at radius 2 is 2.44 bits per heavy atom. The predicted molar refractivity (Wildman–Crippen MR) is 71.2 cm³/mol. The fraction of sp³-hybridized carbons (Fsp3) is 0.769. The zero-order valence-electron chi connectivity index (χ0n) is 11.2. The van der Waals surface area contributed by atoms with Gasteiger partial charge in [0.05, 0.1) is 18.6 Å². The molecule has 2 rings (SSSR count). The lowest BCUT2D eigenvalue weighted by Gasteiger charge is -2.31. The zero-order chi connectivity index (χ0) is 12.8. The maximum atomic E-state index is 5.53. The van der Waals surface area contributed by atoms with Crippen molar-refractivity contribution in [1.82, 2.24) is 14.5 Å². The maximum Gasteiger partial charge on any atom is 0.0950 e. The Balaban J connectivity index is 1.84. The van der Waals surface area contributed by atoms with Crippen molar-refractivity contribution in [2.75, 3.05) is 33.4 Å². The zero-order valence-corrected chi connectivity index (χ0v) is 11.2. The van der Waals surface area contributed by atoms with Crippen LogP contribution in [0, 0.1) is 5.92 Å². The van der Waals surface area contributed by atoms with Crippen molar-refractivity contribution in [2.24, 2.45) is 11.7 Å². The Morgan fingerprint density at radius 3 is 3.22 bits per heavy atom. The minimum Gasteiger partial charge on any atom is -0.384 e. The van der Waals surface area contributed by atoms with E-state index in [1.807, 2.05) is 6.33 Å². The fourth-order valence-electron chi connectivity index (χ4n) is 2.66. The summed E-state index contributed by atoms with van der Waals surface area (Å²) in [6, 6.07) is 0. The Bertz CT molecular complexity index is 351. The van der Waals surface area contributed by atoms with Crippen LogP contribution < -0.4 is 5.73 Å². The molecule has 0 saturated carbocycles. The predicted octanol–water partition coefficient (Wildman–Crippen LogP) is 0.700. The molecule has 0 spiro atoms. The number of imidazole rings is 1. The molecule has 5 nitrogen and oxygen atoms in total. The molecule has 1 aliphatic rings. The van der Waals surface area contributed by atoms with Crippen molar-refractivity contribution in [3.63, 3.8) is 0 Å². The first-order chi connectivity index (χ1) is 8.81. The van der Waals surface area contributed by atoms with Gasteiger partial charge < -0.3 is 15.0 Å². The van der Waals surface area contributed by atoms with Crippen LogP contribution in [0.25, 0.3) is 0 Å². The second-order valence-corrected chi connectivity index (χ2v) is 5.09. The largest absolute Gasteiger partial charge is 0.384 e. The van der Waals surface area contributed by atoms with Crippen molar-refractivity contribution >= 4 is 0 Å². The summed E-state index contributed by atoms with van der Waals surface area (Å²) < 4.78 is 7.32. The van der Waals surface area contributed by atoms with Crippen LogP contribution in [0.3, 0.4) is 0 Å². The molecular weight excluding hydrogens is 228 g/mol. The molecule has 18 heavy (non-hydrogen) atoms. The molecule has 1 fully saturated rings. The molecule has 5 heteroatoms. The van der Waals surface area contributed by atoms with Gasteiger partial charge in [0.25, 0.3) is 0 Å². The van der Waals surface area contributed by atoms with Crippen molar-refractivity contribution < 1.29 is 4.74 Å². The van der Waals surface area contributed by atoms with Gasteiger partial charge in [-0.1, -0.05) is 0 Å². The number of nitrogens with zero attached hydrogens (tertiary/aromatic N) is 3. The summed E-state index contributed by atoms with van der Waals surface area (Å²) in [6.07, 6.45) is 6.52. The summed E-state index contributed by atoms with van der Waals surface area (Å²) in [6.45, 7) is 5.62. The van der Waals surface area contributed by atoms with Crippen molar-refractivity contribution in [3.05, 3.63) is 18.2 Å². The molecule has 1 aromatic heterocycles. The normalized spacial score (nSPS) is 21.3. The first-order valence-electron chi connectivity index (χ1n) is 6.74. The van der Waals surface area contributed by atoms with Crippen molar-refractivity contribution in [2.45, 2.75) is 25.9 Å². The van der Waals surface area contributed by atoms with Crippen molar-refractivity contribution in [3.8, 4) is 0 Å². The highest BCUT2D eigenvalue weighted by Gasteiger charge is 2.20. The third kappa shape index (κ3) is 3.80. The van der Waals surface area contributed by atoms with E-state index < -0.39 is 0 Å². The number of hydrogen-bond acceptors (Lipinski definition) is 4. The fourth-order valence-corrected chi connectivity index (χ4v) is 2.66. The molecule has 102 valence electrons. The number of rotatable bonds is 6. The number of likely N-dealkylation sites (tertiary alicyclic amines) is 1. The van der Waals surface area contributed by atoms with Crippen LogP contribution in [0.15, 0.2) is 12.5 Å². The minimum atomic E-state index is 0.662. The Hall–Kier alpha value is -0.910. The molecule has 0 radical (unpaired) electrons. The second-order valence-electron chi connectivity index (χ2n) is 5.09. The number of methoxy groups -OCH3 is 1. The molecule has 1 aromatic rings. The van der Waals surface area contributed by atoms with E-state index in [0.717, 1.165) is 31.9 Å². The van der Waals surface area contributed by atoms with E-state index in [9.17, 15) is 0 Å². The minimum absolute atomic E-state index is 0.662. The lowest BCUT2D eigenvalue weighted by Crippen LogP contribution is -2.36. The molecule has 1 unspecified atom stereocenters. The molecule has 0 bridgehead atoms. The summed E-state index contributed by atoms with van der Waals surface area (Å²) in [5.41, 5.74) is 6.67. The van der Waals surface area contributed by atoms with Crippen LogP contribution in [-0.4, -0.2) is 47.8 Å². The standard InChI is InChI=1S/C13H24N4O/c1-18-10-12-3-2-5-16(7-12)8-13-9-17(6-4-14)11-15-13/h9,11-12H,2-8,10,14H2,1H3. The Labute approximate surface area is 109 Å². The molecule has 1 saturated heterocycles. The lowest BCUT2D eigenvalue weighted by molar-refractivity contribution is 0.0868. The van der Waals surface area contributed by atoms with Gasteiger partial charge in [0.2, 0.25) is 0 Å². The molecule has 1 aliphatic heterocycles. The van der Waals surface area contributed by atoms with E-state index in [-0.39, 0.29) is 0 Å². The average Bonchev–Trinajstić information content (AvgIpc) is 2.78. The number of hydrogen-bond donors (Lipinski definition) is 1. The number of ether oxygens (including phenoxy) is 1. The van der Waals surface area contributed by atoms with E-state index in [1.165, 1.54) is 19.4 Å². The summed E-state index contributed by atoms with van der Waals surface area (Å²) in [4.78, 5) is 6.91. The maximum absolute atomic E-state index is 5.53. The highest BCUT2D eigenvalue weighted by Crippen LogP contribution is 2.18. The van der Waals surface area contributed by atoms with E-state index in [1.54, 1.807) is 7.11 Å². The van der Waals surface area contributed by atoms with Gasteiger partial charge in [-0.2, -0.15) is 0 Å². The lowest BCUT2D eigenvalue weighted by atomic mass is 9.99. The molecule has 2 N–H and O–H groups in total. The van der Waals surface area contributed by atoms with E-state index in [4.69, 9.17) is 10.5 Å². The van der Waals surface area contributed by atoms with Crippen LogP contribution in [-0.2, 0) is 17.8 Å². The van der Waals surface area contributed by atoms with Crippen LogP contribution in [0.2, 0.25) is 0 Å². The van der Waals surface area contributed by atoms with Gasteiger partial charge in [0.15, 0.2) is 0 Å². The number of piperidine rings is 1. The van der Waals surface area contributed by atoms with E-state index in [0.29, 0.717) is 12.5 Å². The van der Waals surface area contributed by atoms with Gasteiger partial charge in [-0.25, -0.2) is 4.98 Å². The van der Waals surface area contributed by atoms with E-state index >= 15 is 0 Å². The monoisotopic (exact) mass is 252 g/mol. The summed E-state index contributed by atoms with van der Waals surface area (Å²) in [7, 11) is 1.79. The number of aromatic nitrogens is 2. The van der Waals surface area contributed by atoms with Gasteiger partial charge in [0.1, 0.15) is 0 Å². The van der Waals surface area contributed by atoms with Crippen LogP contribution in [0.4, 0.5) is 0 Å². The highest BCUT2D eigenvalue weighted by molar-refractivity contribution is 4.97. The third-order valence-corrected chi connectivity index (χ3v) is 3.47. The number of nitrogens with two attached hydrogens (primary N) is 1. The summed E-state index contributed by atoms with van der Waals surface area (Å²) in [5, 5.41) is 0. The first-order valence-corrected chi connectivity index (χ1v) is 6.74.